The Morgan fingerprint density at radius 1 is 1.14 bits per heavy atom. The molecule has 2 aromatic carbocycles. The average molecular weight is 386 g/mol. The Balaban J connectivity index is 2.22. The standard InChI is InChI=1S/C15H16BrNO2S2/c1-10(17)11-3-8-15(14(16)9-11)20-12-4-6-13(7-5-12)21(2,18)19/h3-10H,17H2,1-2H3/t10-/m1/s1. The van der Waals surface area contributed by atoms with Crippen molar-refractivity contribution >= 4 is 37.5 Å². The van der Waals surface area contributed by atoms with Gasteiger partial charge in [0.05, 0.1) is 4.90 Å². The van der Waals surface area contributed by atoms with Crippen molar-refractivity contribution in [2.75, 3.05) is 6.26 Å². The van der Waals surface area contributed by atoms with E-state index in [9.17, 15) is 8.42 Å². The molecule has 0 fully saturated rings. The third kappa shape index (κ3) is 4.32. The van der Waals surface area contributed by atoms with Gasteiger partial charge in [0.15, 0.2) is 9.84 Å². The second-order valence-corrected chi connectivity index (χ2v) is 8.81. The predicted octanol–water partition coefficient (Wildman–Crippen LogP) is 4.02. The smallest absolute Gasteiger partial charge is 0.175 e. The Labute approximate surface area is 138 Å². The zero-order valence-corrected chi connectivity index (χ0v) is 14.9. The maximum absolute atomic E-state index is 11.4. The van der Waals surface area contributed by atoms with Gasteiger partial charge >= 0.3 is 0 Å². The van der Waals surface area contributed by atoms with E-state index in [4.69, 9.17) is 5.73 Å². The number of halogens is 1. The van der Waals surface area contributed by atoms with Gasteiger partial charge < -0.3 is 5.73 Å². The van der Waals surface area contributed by atoms with Gasteiger partial charge in [-0.25, -0.2) is 8.42 Å². The number of sulfone groups is 1. The molecular formula is C15H16BrNO2S2. The average Bonchev–Trinajstić information content (AvgIpc) is 2.40. The van der Waals surface area contributed by atoms with E-state index < -0.39 is 9.84 Å². The fourth-order valence-corrected chi connectivity index (χ4v) is 3.85. The summed E-state index contributed by atoms with van der Waals surface area (Å²) in [5, 5.41) is 0. The van der Waals surface area contributed by atoms with Crippen LogP contribution in [0.25, 0.3) is 0 Å². The first kappa shape index (κ1) is 16.5. The maximum Gasteiger partial charge on any atom is 0.175 e. The van der Waals surface area contributed by atoms with Crippen LogP contribution in [0.15, 0.2) is 61.6 Å². The summed E-state index contributed by atoms with van der Waals surface area (Å²) in [4.78, 5) is 2.38. The molecule has 0 aromatic heterocycles. The zero-order valence-electron chi connectivity index (χ0n) is 11.7. The van der Waals surface area contributed by atoms with Crippen LogP contribution in [-0.2, 0) is 9.84 Å². The van der Waals surface area contributed by atoms with Gasteiger partial charge in [-0.15, -0.1) is 0 Å². The molecule has 0 amide bonds. The summed E-state index contributed by atoms with van der Waals surface area (Å²) in [5.41, 5.74) is 6.93. The minimum atomic E-state index is -3.15. The van der Waals surface area contributed by atoms with Gasteiger partial charge in [0, 0.05) is 26.6 Å². The fourth-order valence-electron chi connectivity index (χ4n) is 1.76. The van der Waals surface area contributed by atoms with E-state index in [1.54, 1.807) is 23.9 Å². The van der Waals surface area contributed by atoms with Crippen LogP contribution in [0, 0.1) is 0 Å². The highest BCUT2D eigenvalue weighted by Gasteiger charge is 2.09. The Hall–Kier alpha value is -0.820. The third-order valence-electron chi connectivity index (χ3n) is 2.96. The molecule has 0 spiro atoms. The van der Waals surface area contributed by atoms with Crippen molar-refractivity contribution in [3.05, 3.63) is 52.5 Å². The molecule has 0 aliphatic heterocycles. The molecular weight excluding hydrogens is 370 g/mol. The van der Waals surface area contributed by atoms with Crippen LogP contribution in [0.4, 0.5) is 0 Å². The number of benzene rings is 2. The molecule has 2 rings (SSSR count). The van der Waals surface area contributed by atoms with Gasteiger partial charge in [-0.05, 0) is 64.8 Å². The summed E-state index contributed by atoms with van der Waals surface area (Å²) in [6.07, 6.45) is 1.21. The van der Waals surface area contributed by atoms with Crippen molar-refractivity contribution in [3.63, 3.8) is 0 Å². The molecule has 0 saturated heterocycles. The summed E-state index contributed by atoms with van der Waals surface area (Å²) < 4.78 is 23.8. The predicted molar refractivity (Wildman–Crippen MR) is 90.4 cm³/mol. The van der Waals surface area contributed by atoms with Crippen LogP contribution in [0.5, 0.6) is 0 Å². The van der Waals surface area contributed by atoms with Crippen molar-refractivity contribution in [3.8, 4) is 0 Å². The lowest BCUT2D eigenvalue weighted by Crippen LogP contribution is -2.04. The molecule has 2 aromatic rings. The molecule has 0 radical (unpaired) electrons. The topological polar surface area (TPSA) is 60.2 Å². The summed E-state index contributed by atoms with van der Waals surface area (Å²) in [6.45, 7) is 1.94. The van der Waals surface area contributed by atoms with Crippen molar-refractivity contribution < 1.29 is 8.42 Å². The van der Waals surface area contributed by atoms with Crippen LogP contribution >= 0.6 is 27.7 Å². The van der Waals surface area contributed by atoms with Gasteiger partial charge in [0.2, 0.25) is 0 Å². The first-order valence-electron chi connectivity index (χ1n) is 6.30. The highest BCUT2D eigenvalue weighted by atomic mass is 79.9. The number of rotatable bonds is 4. The number of hydrogen-bond donors (Lipinski definition) is 1. The Bertz CT molecular complexity index is 741. The van der Waals surface area contributed by atoms with Crippen molar-refractivity contribution in [1.82, 2.24) is 0 Å². The highest BCUT2D eigenvalue weighted by Crippen LogP contribution is 2.35. The van der Waals surface area contributed by atoms with E-state index in [0.29, 0.717) is 4.90 Å². The van der Waals surface area contributed by atoms with Crippen LogP contribution < -0.4 is 5.73 Å². The van der Waals surface area contributed by atoms with E-state index in [1.807, 2.05) is 37.3 Å². The first-order valence-corrected chi connectivity index (χ1v) is 9.80. The Kier molecular flexibility index (Phi) is 5.14. The number of nitrogens with two attached hydrogens (primary N) is 1. The summed E-state index contributed by atoms with van der Waals surface area (Å²) in [7, 11) is -3.15. The van der Waals surface area contributed by atoms with Crippen LogP contribution in [-0.4, -0.2) is 14.7 Å². The van der Waals surface area contributed by atoms with Gasteiger partial charge in [0.1, 0.15) is 0 Å². The first-order chi connectivity index (χ1) is 9.77. The second kappa shape index (κ2) is 6.52. The van der Waals surface area contributed by atoms with E-state index in [1.165, 1.54) is 6.26 Å². The van der Waals surface area contributed by atoms with Crippen molar-refractivity contribution in [2.24, 2.45) is 5.73 Å². The molecule has 0 bridgehead atoms. The lowest BCUT2D eigenvalue weighted by Gasteiger charge is -2.10. The molecule has 112 valence electrons. The molecule has 0 saturated carbocycles. The van der Waals surface area contributed by atoms with Gasteiger partial charge in [-0.1, -0.05) is 17.8 Å². The van der Waals surface area contributed by atoms with E-state index in [-0.39, 0.29) is 6.04 Å². The fraction of sp³-hybridized carbons (Fsp3) is 0.200. The SMILES string of the molecule is C[C@@H](N)c1ccc(Sc2ccc(S(C)(=O)=O)cc2)c(Br)c1. The maximum atomic E-state index is 11.4. The molecule has 21 heavy (non-hydrogen) atoms. The minimum Gasteiger partial charge on any atom is -0.324 e. The molecule has 3 nitrogen and oxygen atoms in total. The summed E-state index contributed by atoms with van der Waals surface area (Å²) in [5.74, 6) is 0. The van der Waals surface area contributed by atoms with E-state index in [0.717, 1.165) is 19.8 Å². The largest absolute Gasteiger partial charge is 0.324 e. The normalized spacial score (nSPS) is 13.1. The Morgan fingerprint density at radius 2 is 1.76 bits per heavy atom. The van der Waals surface area contributed by atoms with Crippen molar-refractivity contribution in [2.45, 2.75) is 27.7 Å². The molecule has 0 heterocycles. The van der Waals surface area contributed by atoms with Crippen LogP contribution in [0.1, 0.15) is 18.5 Å². The quantitative estimate of drug-likeness (QED) is 0.862. The van der Waals surface area contributed by atoms with Crippen molar-refractivity contribution in [1.29, 1.82) is 0 Å². The monoisotopic (exact) mass is 385 g/mol. The summed E-state index contributed by atoms with van der Waals surface area (Å²) >= 11 is 5.12. The molecule has 1 atom stereocenters. The molecule has 0 aliphatic rings. The molecule has 0 unspecified atom stereocenters. The lowest BCUT2D eigenvalue weighted by molar-refractivity contribution is 0.602. The summed E-state index contributed by atoms with van der Waals surface area (Å²) in [6, 6.07) is 12.9. The second-order valence-electron chi connectivity index (χ2n) is 4.82. The van der Waals surface area contributed by atoms with Gasteiger partial charge in [0.25, 0.3) is 0 Å². The molecule has 2 N–H and O–H groups in total. The third-order valence-corrected chi connectivity index (χ3v) is 6.09. The lowest BCUT2D eigenvalue weighted by atomic mass is 10.1. The highest BCUT2D eigenvalue weighted by molar-refractivity contribution is 9.10. The van der Waals surface area contributed by atoms with Crippen LogP contribution in [0.2, 0.25) is 0 Å². The zero-order chi connectivity index (χ0) is 15.6. The number of hydrogen-bond acceptors (Lipinski definition) is 4. The Morgan fingerprint density at radius 3 is 2.24 bits per heavy atom. The van der Waals surface area contributed by atoms with E-state index in [2.05, 4.69) is 15.9 Å². The van der Waals surface area contributed by atoms with Crippen LogP contribution in [0.3, 0.4) is 0 Å². The molecule has 6 heteroatoms. The minimum absolute atomic E-state index is 0.00519. The van der Waals surface area contributed by atoms with E-state index >= 15 is 0 Å². The van der Waals surface area contributed by atoms with Gasteiger partial charge in [-0.3, -0.25) is 0 Å². The molecule has 0 aliphatic carbocycles. The van der Waals surface area contributed by atoms with Gasteiger partial charge in [-0.2, -0.15) is 0 Å².